The van der Waals surface area contributed by atoms with Crippen molar-refractivity contribution in [2.24, 2.45) is 10.3 Å². The molecule has 0 bridgehead atoms. The van der Waals surface area contributed by atoms with E-state index in [0.717, 1.165) is 10.5 Å². The van der Waals surface area contributed by atoms with Crippen LogP contribution in [0.15, 0.2) is 52.8 Å². The number of imide groups is 1. The molecule has 0 radical (unpaired) electrons. The van der Waals surface area contributed by atoms with Crippen LogP contribution in [0, 0.1) is 0 Å². The minimum Gasteiger partial charge on any atom is -0.497 e. The van der Waals surface area contributed by atoms with E-state index in [-0.39, 0.29) is 5.91 Å². The lowest BCUT2D eigenvalue weighted by atomic mass is 10.1. The van der Waals surface area contributed by atoms with Crippen LogP contribution in [0.4, 0.5) is 5.69 Å². The summed E-state index contributed by atoms with van der Waals surface area (Å²) in [7, 11) is 4.60. The second kappa shape index (κ2) is 7.42. The van der Waals surface area contributed by atoms with Crippen LogP contribution in [-0.2, 0) is 16.1 Å². The summed E-state index contributed by atoms with van der Waals surface area (Å²) in [6, 6.07) is 10.7. The van der Waals surface area contributed by atoms with Crippen LogP contribution in [0.1, 0.15) is 5.56 Å². The number of nitrogens with zero attached hydrogens (tertiary/aromatic N) is 4. The maximum absolute atomic E-state index is 13.1. The molecule has 0 unspecified atom stereocenters. The standard InChI is InChI=1S/C20H20N4O5/c1-27-14-6-4-5-12(9-14)11-23-18-17(21-22-23)19(25)24(20(18)26)13-7-8-15(28-2)16(10-13)29-3/h4-10,17-18H,11H2,1-3H3/t17-,18-/m1/s1. The number of carbonyl (C=O) groups excluding carboxylic acids is 2. The molecule has 4 rings (SSSR count). The molecule has 2 aromatic carbocycles. The molecule has 0 spiro atoms. The van der Waals surface area contributed by atoms with Crippen molar-refractivity contribution in [2.45, 2.75) is 18.6 Å². The third kappa shape index (κ3) is 3.14. The molecule has 0 aliphatic carbocycles. The number of ether oxygens (including phenoxy) is 3. The fraction of sp³-hybridized carbons (Fsp3) is 0.300. The summed E-state index contributed by atoms with van der Waals surface area (Å²) < 4.78 is 15.7. The molecule has 1 saturated heterocycles. The molecular formula is C20H20N4O5. The quantitative estimate of drug-likeness (QED) is 0.695. The molecule has 1 fully saturated rings. The van der Waals surface area contributed by atoms with Crippen LogP contribution in [0.25, 0.3) is 0 Å². The van der Waals surface area contributed by atoms with Crippen molar-refractivity contribution in [2.75, 3.05) is 26.2 Å². The number of hydrogen-bond acceptors (Lipinski definition) is 8. The third-order valence-corrected chi connectivity index (χ3v) is 4.96. The van der Waals surface area contributed by atoms with Gasteiger partial charge < -0.3 is 14.2 Å². The molecule has 9 nitrogen and oxygen atoms in total. The Kier molecular flexibility index (Phi) is 4.79. The highest BCUT2D eigenvalue weighted by atomic mass is 16.5. The fourth-order valence-corrected chi connectivity index (χ4v) is 3.53. The van der Waals surface area contributed by atoms with Crippen molar-refractivity contribution in [3.63, 3.8) is 0 Å². The molecular weight excluding hydrogens is 376 g/mol. The van der Waals surface area contributed by atoms with Gasteiger partial charge in [0.1, 0.15) is 5.75 Å². The van der Waals surface area contributed by atoms with E-state index in [1.165, 1.54) is 14.2 Å². The van der Waals surface area contributed by atoms with E-state index in [9.17, 15) is 9.59 Å². The van der Waals surface area contributed by atoms with Gasteiger partial charge in [-0.25, -0.2) is 4.90 Å². The van der Waals surface area contributed by atoms with E-state index < -0.39 is 18.0 Å². The maximum atomic E-state index is 13.1. The van der Waals surface area contributed by atoms with Crippen LogP contribution in [-0.4, -0.2) is 50.2 Å². The second-order valence-electron chi connectivity index (χ2n) is 6.59. The lowest BCUT2D eigenvalue weighted by molar-refractivity contribution is -0.123. The van der Waals surface area contributed by atoms with Crippen molar-refractivity contribution >= 4 is 17.5 Å². The van der Waals surface area contributed by atoms with Crippen molar-refractivity contribution < 1.29 is 23.8 Å². The zero-order valence-electron chi connectivity index (χ0n) is 16.2. The Morgan fingerprint density at radius 2 is 1.72 bits per heavy atom. The molecule has 29 heavy (non-hydrogen) atoms. The van der Waals surface area contributed by atoms with Crippen molar-refractivity contribution in [1.29, 1.82) is 0 Å². The van der Waals surface area contributed by atoms with Crippen LogP contribution in [0.5, 0.6) is 17.2 Å². The van der Waals surface area contributed by atoms with E-state index in [1.54, 1.807) is 30.3 Å². The number of rotatable bonds is 6. The van der Waals surface area contributed by atoms with E-state index in [2.05, 4.69) is 10.3 Å². The Balaban J connectivity index is 1.60. The van der Waals surface area contributed by atoms with Gasteiger partial charge in [-0.1, -0.05) is 17.4 Å². The molecule has 2 atom stereocenters. The minimum absolute atomic E-state index is 0.334. The zero-order chi connectivity index (χ0) is 20.5. The molecule has 2 aliphatic rings. The Morgan fingerprint density at radius 1 is 0.931 bits per heavy atom. The largest absolute Gasteiger partial charge is 0.497 e. The number of methoxy groups -OCH3 is 3. The topological polar surface area (TPSA) is 93.0 Å². The molecule has 0 N–H and O–H groups in total. The van der Waals surface area contributed by atoms with Crippen molar-refractivity contribution in [3.05, 3.63) is 48.0 Å². The minimum atomic E-state index is -0.860. The summed E-state index contributed by atoms with van der Waals surface area (Å²) in [5.74, 6) is 0.854. The first-order chi connectivity index (χ1) is 14.1. The number of carbonyl (C=O) groups is 2. The van der Waals surface area contributed by atoms with E-state index in [4.69, 9.17) is 14.2 Å². The van der Waals surface area contributed by atoms with E-state index in [1.807, 2.05) is 24.3 Å². The van der Waals surface area contributed by atoms with Gasteiger partial charge in [-0.2, -0.15) is 5.11 Å². The van der Waals surface area contributed by atoms with Gasteiger partial charge in [-0.05, 0) is 29.8 Å². The van der Waals surface area contributed by atoms with Gasteiger partial charge in [0.05, 0.1) is 33.6 Å². The summed E-state index contributed by atoms with van der Waals surface area (Å²) in [5, 5.41) is 9.66. The average Bonchev–Trinajstić information content (AvgIpc) is 3.27. The fourth-order valence-electron chi connectivity index (χ4n) is 3.53. The Bertz CT molecular complexity index is 993. The van der Waals surface area contributed by atoms with Gasteiger partial charge in [0.25, 0.3) is 11.8 Å². The molecule has 0 aromatic heterocycles. The highest BCUT2D eigenvalue weighted by Crippen LogP contribution is 2.37. The predicted molar refractivity (Wildman–Crippen MR) is 103 cm³/mol. The highest BCUT2D eigenvalue weighted by Gasteiger charge is 2.54. The van der Waals surface area contributed by atoms with Gasteiger partial charge in [0.2, 0.25) is 0 Å². The first kappa shape index (κ1) is 18.7. The number of anilines is 1. The maximum Gasteiger partial charge on any atom is 0.263 e. The monoisotopic (exact) mass is 396 g/mol. The van der Waals surface area contributed by atoms with Gasteiger partial charge >= 0.3 is 0 Å². The Hall–Kier alpha value is -3.62. The van der Waals surface area contributed by atoms with Crippen LogP contribution >= 0.6 is 0 Å². The number of fused-ring (bicyclic) bond motifs is 1. The number of amides is 2. The summed E-state index contributed by atoms with van der Waals surface area (Å²) in [5.41, 5.74) is 1.30. The van der Waals surface area contributed by atoms with Gasteiger partial charge in [-0.3, -0.25) is 14.6 Å². The SMILES string of the molecule is COc1cccc(CN2N=N[C@H]3C(=O)N(c4ccc(OC)c(OC)c4)C(=O)[C@@H]32)c1. The molecule has 2 aliphatic heterocycles. The predicted octanol–water partition coefficient (Wildman–Crippen LogP) is 2.21. The first-order valence-electron chi connectivity index (χ1n) is 8.97. The van der Waals surface area contributed by atoms with Crippen LogP contribution in [0.2, 0.25) is 0 Å². The Morgan fingerprint density at radius 3 is 2.45 bits per heavy atom. The molecule has 0 saturated carbocycles. The Labute approximate surface area is 167 Å². The van der Waals surface area contributed by atoms with Crippen LogP contribution in [0.3, 0.4) is 0 Å². The summed E-state index contributed by atoms with van der Waals surface area (Å²) in [6.45, 7) is 0.334. The summed E-state index contributed by atoms with van der Waals surface area (Å²) in [6.07, 6.45) is 0. The molecule has 2 amide bonds. The van der Waals surface area contributed by atoms with Gasteiger partial charge in [-0.15, -0.1) is 0 Å². The van der Waals surface area contributed by atoms with Crippen molar-refractivity contribution in [3.8, 4) is 17.2 Å². The normalized spacial score (nSPS) is 20.2. The number of benzene rings is 2. The smallest absolute Gasteiger partial charge is 0.263 e. The average molecular weight is 396 g/mol. The van der Waals surface area contributed by atoms with Gasteiger partial charge in [0.15, 0.2) is 23.6 Å². The highest BCUT2D eigenvalue weighted by molar-refractivity contribution is 6.25. The molecule has 2 aromatic rings. The lowest BCUT2D eigenvalue weighted by Gasteiger charge is -2.21. The first-order valence-corrected chi connectivity index (χ1v) is 8.97. The molecule has 9 heteroatoms. The molecule has 150 valence electrons. The van der Waals surface area contributed by atoms with Crippen LogP contribution < -0.4 is 19.1 Å². The summed E-state index contributed by atoms with van der Waals surface area (Å²) in [4.78, 5) is 27.1. The lowest BCUT2D eigenvalue weighted by Crippen LogP contribution is -2.39. The third-order valence-electron chi connectivity index (χ3n) is 4.96. The van der Waals surface area contributed by atoms with Crippen molar-refractivity contribution in [1.82, 2.24) is 5.01 Å². The zero-order valence-corrected chi connectivity index (χ0v) is 16.2. The van der Waals surface area contributed by atoms with E-state index >= 15 is 0 Å². The summed E-state index contributed by atoms with van der Waals surface area (Å²) >= 11 is 0. The van der Waals surface area contributed by atoms with Gasteiger partial charge in [0, 0.05) is 6.07 Å². The second-order valence-corrected chi connectivity index (χ2v) is 6.59. The molecule has 2 heterocycles. The number of hydrogen-bond donors (Lipinski definition) is 0. The van der Waals surface area contributed by atoms with E-state index in [0.29, 0.717) is 29.5 Å².